The number of amides is 1. The summed E-state index contributed by atoms with van der Waals surface area (Å²) in [5.41, 5.74) is 0. The van der Waals surface area contributed by atoms with E-state index < -0.39 is 0 Å². The summed E-state index contributed by atoms with van der Waals surface area (Å²) in [6.45, 7) is 4.66. The molecule has 0 aliphatic carbocycles. The second-order valence-electron chi connectivity index (χ2n) is 1.78. The van der Waals surface area contributed by atoms with Crippen LogP contribution < -0.4 is 0 Å². The fourth-order valence-corrected chi connectivity index (χ4v) is 0.581. The molecule has 3 nitrogen and oxygen atoms in total. The lowest BCUT2D eigenvalue weighted by molar-refractivity contribution is -0.126. The first-order valence-corrected chi connectivity index (χ1v) is 3.56. The van der Waals surface area contributed by atoms with E-state index in [0.717, 1.165) is 0 Å². The van der Waals surface area contributed by atoms with Crippen LogP contribution in [-0.4, -0.2) is 30.7 Å². The molecular weight excluding hydrogens is 128 g/mol. The molecule has 0 bridgehead atoms. The second-order valence-corrected chi connectivity index (χ2v) is 1.78. The third kappa shape index (κ3) is 2.62. The Labute approximate surface area is 61.7 Å². The van der Waals surface area contributed by atoms with E-state index in [9.17, 15) is 4.79 Å². The molecule has 1 amide bonds. The Morgan fingerprint density at radius 2 is 2.20 bits per heavy atom. The van der Waals surface area contributed by atoms with E-state index in [-0.39, 0.29) is 5.91 Å². The van der Waals surface area contributed by atoms with Crippen molar-refractivity contribution in [2.24, 2.45) is 4.99 Å². The zero-order chi connectivity index (χ0) is 7.98. The highest BCUT2D eigenvalue weighted by atomic mass is 16.2. The van der Waals surface area contributed by atoms with E-state index in [2.05, 4.69) is 4.99 Å². The topological polar surface area (TPSA) is 32.7 Å². The average Bonchev–Trinajstić information content (AvgIpc) is 2.00. The summed E-state index contributed by atoms with van der Waals surface area (Å²) in [7, 11) is 1.71. The van der Waals surface area contributed by atoms with Crippen LogP contribution in [0.4, 0.5) is 0 Å². The van der Waals surface area contributed by atoms with Crippen LogP contribution in [0.15, 0.2) is 4.99 Å². The van der Waals surface area contributed by atoms with Crippen LogP contribution >= 0.6 is 0 Å². The molecule has 0 saturated carbocycles. The van der Waals surface area contributed by atoms with Crippen LogP contribution in [0.3, 0.4) is 0 Å². The first-order valence-electron chi connectivity index (χ1n) is 3.56. The van der Waals surface area contributed by atoms with Crippen molar-refractivity contribution in [2.45, 2.75) is 20.3 Å². The van der Waals surface area contributed by atoms with Gasteiger partial charge in [0.25, 0.3) is 0 Å². The highest BCUT2D eigenvalue weighted by molar-refractivity contribution is 5.89. The second kappa shape index (κ2) is 4.97. The van der Waals surface area contributed by atoms with Crippen LogP contribution in [0.1, 0.15) is 20.3 Å². The number of aliphatic imine (C=N–C) groups is 1. The monoisotopic (exact) mass is 142 g/mol. The van der Waals surface area contributed by atoms with Gasteiger partial charge < -0.3 is 4.90 Å². The van der Waals surface area contributed by atoms with Crippen LogP contribution in [0, 0.1) is 0 Å². The molecule has 58 valence electrons. The van der Waals surface area contributed by atoms with Crippen molar-refractivity contribution in [3.8, 4) is 0 Å². The quantitative estimate of drug-likeness (QED) is 0.494. The Kier molecular flexibility index (Phi) is 4.54. The van der Waals surface area contributed by atoms with E-state index in [1.165, 1.54) is 4.90 Å². The van der Waals surface area contributed by atoms with Crippen molar-refractivity contribution in [1.82, 2.24) is 4.90 Å². The molecule has 1 aliphatic heterocycles. The Hall–Kier alpha value is -0.860. The average molecular weight is 142 g/mol. The third-order valence-electron chi connectivity index (χ3n) is 1.10. The van der Waals surface area contributed by atoms with Gasteiger partial charge >= 0.3 is 0 Å². The maximum atomic E-state index is 10.6. The minimum atomic E-state index is 0.153. The van der Waals surface area contributed by atoms with E-state index in [4.69, 9.17) is 0 Å². The van der Waals surface area contributed by atoms with Gasteiger partial charge in [-0.1, -0.05) is 13.8 Å². The predicted octanol–water partition coefficient (Wildman–Crippen LogP) is 0.903. The van der Waals surface area contributed by atoms with Gasteiger partial charge in [0.2, 0.25) is 5.91 Å². The highest BCUT2D eigenvalue weighted by Crippen LogP contribution is 1.93. The van der Waals surface area contributed by atoms with E-state index in [1.54, 1.807) is 13.4 Å². The van der Waals surface area contributed by atoms with Crippen molar-refractivity contribution in [2.75, 3.05) is 13.6 Å². The summed E-state index contributed by atoms with van der Waals surface area (Å²) in [6.07, 6.45) is 2.12. The Morgan fingerprint density at radius 1 is 1.60 bits per heavy atom. The van der Waals surface area contributed by atoms with Gasteiger partial charge in [-0.05, 0) is 0 Å². The normalized spacial score (nSPS) is 16.3. The van der Waals surface area contributed by atoms with Crippen molar-refractivity contribution < 1.29 is 4.79 Å². The molecule has 0 aromatic heterocycles. The van der Waals surface area contributed by atoms with Gasteiger partial charge in [0.15, 0.2) is 0 Å². The fraction of sp³-hybridized carbons (Fsp3) is 0.714. The molecular formula is C7H14N2O. The standard InChI is InChI=1S/C5H8N2O.C2H6/c1-7-4-6-3-2-5(7)8;1-2/h4H,2-3H2,1H3;1-2H3. The van der Waals surface area contributed by atoms with Gasteiger partial charge in [0.1, 0.15) is 0 Å². The molecule has 0 unspecified atom stereocenters. The van der Waals surface area contributed by atoms with Crippen molar-refractivity contribution in [3.05, 3.63) is 0 Å². The summed E-state index contributed by atoms with van der Waals surface area (Å²) < 4.78 is 0. The number of rotatable bonds is 0. The van der Waals surface area contributed by atoms with Gasteiger partial charge in [0, 0.05) is 20.0 Å². The molecule has 3 heteroatoms. The van der Waals surface area contributed by atoms with Gasteiger partial charge in [-0.25, -0.2) is 0 Å². The maximum Gasteiger partial charge on any atom is 0.229 e. The van der Waals surface area contributed by atoms with Crippen LogP contribution in [0.5, 0.6) is 0 Å². The highest BCUT2D eigenvalue weighted by Gasteiger charge is 2.07. The number of hydrogen-bond donors (Lipinski definition) is 0. The zero-order valence-corrected chi connectivity index (χ0v) is 6.79. The summed E-state index contributed by atoms with van der Waals surface area (Å²) in [6, 6.07) is 0. The summed E-state index contributed by atoms with van der Waals surface area (Å²) in [4.78, 5) is 16.0. The first-order chi connectivity index (χ1) is 4.80. The smallest absolute Gasteiger partial charge is 0.229 e. The minimum absolute atomic E-state index is 0.153. The number of carbonyl (C=O) groups excluding carboxylic acids is 1. The first kappa shape index (κ1) is 9.14. The third-order valence-corrected chi connectivity index (χ3v) is 1.10. The molecule has 0 spiro atoms. The van der Waals surface area contributed by atoms with E-state index in [0.29, 0.717) is 13.0 Å². The Balaban J connectivity index is 0.000000371. The van der Waals surface area contributed by atoms with Gasteiger partial charge in [-0.2, -0.15) is 0 Å². The minimum Gasteiger partial charge on any atom is -0.306 e. The lowest BCUT2D eigenvalue weighted by Crippen LogP contribution is -2.28. The number of nitrogens with zero attached hydrogens (tertiary/aromatic N) is 2. The maximum absolute atomic E-state index is 10.6. The molecule has 0 atom stereocenters. The summed E-state index contributed by atoms with van der Waals surface area (Å²) in [5.74, 6) is 0.153. The van der Waals surface area contributed by atoms with Crippen LogP contribution in [-0.2, 0) is 4.79 Å². The lowest BCUT2D eigenvalue weighted by atomic mass is 10.3. The lowest BCUT2D eigenvalue weighted by Gasteiger charge is -2.13. The molecule has 0 aromatic carbocycles. The zero-order valence-electron chi connectivity index (χ0n) is 6.79. The van der Waals surface area contributed by atoms with Crippen molar-refractivity contribution in [1.29, 1.82) is 0 Å². The summed E-state index contributed by atoms with van der Waals surface area (Å²) in [5, 5.41) is 0. The van der Waals surface area contributed by atoms with Crippen molar-refractivity contribution in [3.63, 3.8) is 0 Å². The molecule has 10 heavy (non-hydrogen) atoms. The molecule has 1 heterocycles. The molecule has 1 rings (SSSR count). The number of carbonyl (C=O) groups is 1. The van der Waals surface area contributed by atoms with E-state index in [1.807, 2.05) is 13.8 Å². The van der Waals surface area contributed by atoms with E-state index >= 15 is 0 Å². The SMILES string of the molecule is CC.CN1C=NCCC1=O. The predicted molar refractivity (Wildman–Crippen MR) is 42.1 cm³/mol. The molecule has 1 aliphatic rings. The molecule has 0 N–H and O–H groups in total. The van der Waals surface area contributed by atoms with Crippen LogP contribution in [0.2, 0.25) is 0 Å². The molecule has 0 saturated heterocycles. The Bertz CT molecular complexity index is 132. The molecule has 0 fully saturated rings. The fourth-order valence-electron chi connectivity index (χ4n) is 0.581. The van der Waals surface area contributed by atoms with Gasteiger partial charge in [-0.15, -0.1) is 0 Å². The van der Waals surface area contributed by atoms with Crippen LogP contribution in [0.25, 0.3) is 0 Å². The van der Waals surface area contributed by atoms with Crippen molar-refractivity contribution >= 4 is 12.2 Å². The Morgan fingerprint density at radius 3 is 2.50 bits per heavy atom. The molecule has 0 radical (unpaired) electrons. The largest absolute Gasteiger partial charge is 0.306 e. The molecule has 0 aromatic rings. The number of hydrogen-bond acceptors (Lipinski definition) is 2. The summed E-state index contributed by atoms with van der Waals surface area (Å²) >= 11 is 0. The van der Waals surface area contributed by atoms with Gasteiger partial charge in [-0.3, -0.25) is 9.79 Å². The van der Waals surface area contributed by atoms with Gasteiger partial charge in [0.05, 0.1) is 6.34 Å².